The zero-order chi connectivity index (χ0) is 46.1. The first kappa shape index (κ1) is 48.8. The first-order valence-corrected chi connectivity index (χ1v) is 23.8. The molecule has 7 rings (SSSR count). The Balaban J connectivity index is 1.04. The number of aliphatic hydroxyl groups is 3. The van der Waals surface area contributed by atoms with Gasteiger partial charge in [0, 0.05) is 91.6 Å². The lowest BCUT2D eigenvalue weighted by Gasteiger charge is -2.36. The highest BCUT2D eigenvalue weighted by molar-refractivity contribution is 6.02. The van der Waals surface area contributed by atoms with Crippen molar-refractivity contribution < 1.29 is 29.5 Å². The Morgan fingerprint density at radius 1 is 0.455 bits per heavy atom. The second-order valence-corrected chi connectivity index (χ2v) is 18.1. The van der Waals surface area contributed by atoms with E-state index >= 15 is 0 Å². The van der Waals surface area contributed by atoms with Crippen molar-refractivity contribution in [1.82, 2.24) is 24.9 Å². The van der Waals surface area contributed by atoms with Crippen molar-refractivity contribution in [2.24, 2.45) is 0 Å². The molecule has 1 heterocycles. The number of ether oxygens (including phenoxy) is 3. The van der Waals surface area contributed by atoms with Crippen molar-refractivity contribution in [1.29, 1.82) is 0 Å². The molecule has 0 unspecified atom stereocenters. The molecule has 0 bridgehead atoms. The van der Waals surface area contributed by atoms with Crippen molar-refractivity contribution >= 4 is 21.5 Å². The molecule has 0 amide bonds. The molecule has 3 atom stereocenters. The summed E-state index contributed by atoms with van der Waals surface area (Å²) in [7, 11) is 0. The summed E-state index contributed by atoms with van der Waals surface area (Å²) in [6.45, 7) is 16.3. The minimum Gasteiger partial charge on any atom is -0.491 e. The number of nitrogens with zero attached hydrogens (tertiary/aromatic N) is 4. The number of aryl methyl sites for hydroxylation is 3. The lowest BCUT2D eigenvalue weighted by molar-refractivity contribution is 0.0325. The summed E-state index contributed by atoms with van der Waals surface area (Å²) >= 11 is 0. The van der Waals surface area contributed by atoms with Crippen LogP contribution in [0.1, 0.15) is 22.3 Å². The standard InChI is InChI=1S/C55H71N5O6/c1-42-12-18-50(19-13-42)64-39-47(61)36-58-28-26-57(25-24-56-35-55-53-10-6-4-8-45(53)34-46-9-5-7-11-54(46)55)27-29-59(37-48(62)40-65-51-20-14-43(2)15-21-51)31-33-60(32-30-58)38-49(63)41-66-52-22-16-44(3)17-23-52/h4-23,34,47-49,56,61-63H,24-33,35-41H2,1-3H3/t47-,48-,49-/m0/s1. The van der Waals surface area contributed by atoms with Crippen molar-refractivity contribution in [3.05, 3.63) is 150 Å². The average molecular weight is 898 g/mol. The molecule has 11 heteroatoms. The number of nitrogens with one attached hydrogen (secondary N) is 1. The molecule has 1 aliphatic rings. The molecule has 11 nitrogen and oxygen atoms in total. The maximum Gasteiger partial charge on any atom is 0.119 e. The van der Waals surface area contributed by atoms with E-state index in [0.29, 0.717) is 45.8 Å². The average Bonchev–Trinajstić information content (AvgIpc) is 3.32. The van der Waals surface area contributed by atoms with Gasteiger partial charge in [0.15, 0.2) is 0 Å². The van der Waals surface area contributed by atoms with Crippen LogP contribution in [0, 0.1) is 20.8 Å². The van der Waals surface area contributed by atoms with Gasteiger partial charge < -0.3 is 34.8 Å². The van der Waals surface area contributed by atoms with Crippen LogP contribution in [0.2, 0.25) is 0 Å². The summed E-state index contributed by atoms with van der Waals surface area (Å²) in [5.74, 6) is 2.22. The first-order chi connectivity index (χ1) is 32.1. The molecule has 0 aliphatic carbocycles. The third-order valence-electron chi connectivity index (χ3n) is 12.5. The van der Waals surface area contributed by atoms with Crippen LogP contribution in [0.15, 0.2) is 127 Å². The topological polar surface area (TPSA) is 113 Å². The Hall–Kier alpha value is -5.08. The van der Waals surface area contributed by atoms with E-state index in [9.17, 15) is 15.3 Å². The van der Waals surface area contributed by atoms with Gasteiger partial charge in [-0.25, -0.2) is 0 Å². The molecule has 0 radical (unpaired) electrons. The fourth-order valence-corrected chi connectivity index (χ4v) is 8.63. The van der Waals surface area contributed by atoms with Crippen LogP contribution in [0.4, 0.5) is 0 Å². The quantitative estimate of drug-likeness (QED) is 0.0495. The van der Waals surface area contributed by atoms with Gasteiger partial charge >= 0.3 is 0 Å². The van der Waals surface area contributed by atoms with Gasteiger partial charge in [-0.3, -0.25) is 19.6 Å². The fraction of sp³-hybridized carbons (Fsp3) is 0.418. The molecule has 6 aromatic carbocycles. The van der Waals surface area contributed by atoms with Gasteiger partial charge in [0.1, 0.15) is 55.4 Å². The zero-order valence-corrected chi connectivity index (χ0v) is 39.2. The number of β-amino-alcohol motifs (C(OH)–C–C–N with tert-alkyl or cyclic N) is 3. The molecule has 4 N–H and O–H groups in total. The third-order valence-corrected chi connectivity index (χ3v) is 12.5. The van der Waals surface area contributed by atoms with Crippen molar-refractivity contribution in [3.8, 4) is 17.2 Å². The van der Waals surface area contributed by atoms with Crippen LogP contribution in [-0.2, 0) is 6.54 Å². The number of hydrogen-bond acceptors (Lipinski definition) is 11. The molecule has 1 saturated heterocycles. The van der Waals surface area contributed by atoms with Gasteiger partial charge in [0.25, 0.3) is 0 Å². The second kappa shape index (κ2) is 25.2. The molecular formula is C55H71N5O6. The molecule has 352 valence electrons. The lowest BCUT2D eigenvalue weighted by atomic mass is 9.97. The van der Waals surface area contributed by atoms with E-state index in [1.807, 2.05) is 93.6 Å². The summed E-state index contributed by atoms with van der Waals surface area (Å²) in [6, 6.07) is 43.3. The third kappa shape index (κ3) is 15.5. The largest absolute Gasteiger partial charge is 0.491 e. The number of benzene rings is 6. The molecule has 0 saturated carbocycles. The highest BCUT2D eigenvalue weighted by Crippen LogP contribution is 2.28. The van der Waals surface area contributed by atoms with Gasteiger partial charge in [-0.15, -0.1) is 0 Å². The molecule has 0 spiro atoms. The molecular weight excluding hydrogens is 827 g/mol. The van der Waals surface area contributed by atoms with Crippen molar-refractivity contribution in [2.45, 2.75) is 45.6 Å². The molecule has 6 aromatic rings. The van der Waals surface area contributed by atoms with Crippen LogP contribution in [0.5, 0.6) is 17.2 Å². The summed E-state index contributed by atoms with van der Waals surface area (Å²) in [6.07, 6.45) is -2.09. The summed E-state index contributed by atoms with van der Waals surface area (Å²) in [5.41, 5.74) is 4.79. The molecule has 66 heavy (non-hydrogen) atoms. The first-order valence-electron chi connectivity index (χ1n) is 23.8. The summed E-state index contributed by atoms with van der Waals surface area (Å²) < 4.78 is 18.1. The molecule has 1 aliphatic heterocycles. The molecule has 0 aromatic heterocycles. The van der Waals surface area contributed by atoms with Crippen molar-refractivity contribution in [2.75, 3.05) is 105 Å². The summed E-state index contributed by atoms with van der Waals surface area (Å²) in [4.78, 5) is 9.46. The van der Waals surface area contributed by atoms with E-state index < -0.39 is 18.3 Å². The SMILES string of the molecule is Cc1ccc(OC[C@@H](O)CN2CCN(CCNCc3c4ccccc4cc4ccccc34)CCN(C[C@H](O)COc3ccc(C)cc3)CCN(C[C@H](O)COc3ccc(C)cc3)CC2)cc1. The number of hydrogen-bond donors (Lipinski definition) is 4. The maximum atomic E-state index is 11.4. The van der Waals surface area contributed by atoms with E-state index in [1.54, 1.807) is 0 Å². The van der Waals surface area contributed by atoms with Gasteiger partial charge in [0.2, 0.25) is 0 Å². The van der Waals surface area contributed by atoms with Gasteiger partial charge in [-0.2, -0.15) is 0 Å². The molecule has 1 fully saturated rings. The van der Waals surface area contributed by atoms with E-state index in [2.05, 4.69) is 79.5 Å². The minimum atomic E-state index is -0.710. The van der Waals surface area contributed by atoms with E-state index in [4.69, 9.17) is 14.2 Å². The van der Waals surface area contributed by atoms with Crippen LogP contribution in [0.3, 0.4) is 0 Å². The zero-order valence-electron chi connectivity index (χ0n) is 39.2. The van der Waals surface area contributed by atoms with Crippen molar-refractivity contribution in [3.63, 3.8) is 0 Å². The second-order valence-electron chi connectivity index (χ2n) is 18.1. The number of aliphatic hydroxyl groups excluding tert-OH is 3. The minimum absolute atomic E-state index is 0.177. The highest BCUT2D eigenvalue weighted by atomic mass is 16.5. The number of fused-ring (bicyclic) bond motifs is 2. The number of rotatable bonds is 20. The van der Waals surface area contributed by atoms with E-state index in [-0.39, 0.29) is 19.8 Å². The van der Waals surface area contributed by atoms with Crippen LogP contribution in [0.25, 0.3) is 21.5 Å². The van der Waals surface area contributed by atoms with Crippen LogP contribution >= 0.6 is 0 Å². The smallest absolute Gasteiger partial charge is 0.119 e. The maximum absolute atomic E-state index is 11.4. The Kier molecular flexibility index (Phi) is 18.6. The predicted octanol–water partition coefficient (Wildman–Crippen LogP) is 6.55. The highest BCUT2D eigenvalue weighted by Gasteiger charge is 2.22. The normalized spacial score (nSPS) is 16.6. The van der Waals surface area contributed by atoms with Crippen LogP contribution < -0.4 is 19.5 Å². The lowest BCUT2D eigenvalue weighted by Crippen LogP contribution is -2.50. The monoisotopic (exact) mass is 898 g/mol. The van der Waals surface area contributed by atoms with E-state index in [1.165, 1.54) is 27.1 Å². The fourth-order valence-electron chi connectivity index (χ4n) is 8.63. The Morgan fingerprint density at radius 2 is 0.788 bits per heavy atom. The van der Waals surface area contributed by atoms with Gasteiger partial charge in [-0.1, -0.05) is 102 Å². The Labute approximate surface area is 392 Å². The summed E-state index contributed by atoms with van der Waals surface area (Å²) in [5, 5.41) is 42.9. The van der Waals surface area contributed by atoms with Crippen LogP contribution in [-0.4, -0.2) is 158 Å². The Bertz CT molecular complexity index is 2220. The predicted molar refractivity (Wildman–Crippen MR) is 267 cm³/mol. The Morgan fingerprint density at radius 3 is 1.15 bits per heavy atom. The van der Waals surface area contributed by atoms with Gasteiger partial charge in [0.05, 0.1) is 0 Å². The van der Waals surface area contributed by atoms with E-state index in [0.717, 1.165) is 79.8 Å². The van der Waals surface area contributed by atoms with Gasteiger partial charge in [-0.05, 0) is 90.3 Å².